The van der Waals surface area contributed by atoms with Crippen molar-refractivity contribution in [3.8, 4) is 0 Å². The molecule has 158 valence electrons. The highest BCUT2D eigenvalue weighted by molar-refractivity contribution is 7.89. The molecule has 1 N–H and O–H groups in total. The molecule has 1 aliphatic heterocycles. The van der Waals surface area contributed by atoms with Crippen molar-refractivity contribution in [1.82, 2.24) is 9.62 Å². The van der Waals surface area contributed by atoms with Gasteiger partial charge in [0, 0.05) is 12.1 Å². The lowest BCUT2D eigenvalue weighted by Gasteiger charge is -2.34. The van der Waals surface area contributed by atoms with E-state index in [1.807, 2.05) is 0 Å². The van der Waals surface area contributed by atoms with Gasteiger partial charge in [0.25, 0.3) is 15.7 Å². The molecule has 30 heavy (non-hydrogen) atoms. The number of nitro benzene ring substituents is 1. The average molecular weight is 441 g/mol. The van der Waals surface area contributed by atoms with Crippen LogP contribution in [0.5, 0.6) is 0 Å². The Bertz CT molecular complexity index is 1130. The Hall–Kier alpha value is -3.41. The Morgan fingerprint density at radius 1 is 1.07 bits per heavy atom. The number of benzene rings is 2. The third-order valence-corrected chi connectivity index (χ3v) is 6.13. The van der Waals surface area contributed by atoms with Gasteiger partial charge in [0.2, 0.25) is 0 Å². The first-order chi connectivity index (χ1) is 13.9. The summed E-state index contributed by atoms with van der Waals surface area (Å²) in [4.78, 5) is 22.3. The molecule has 0 aliphatic carbocycles. The van der Waals surface area contributed by atoms with Gasteiger partial charge in [-0.3, -0.25) is 10.1 Å². The summed E-state index contributed by atoms with van der Waals surface area (Å²) in [6, 6.07) is 6.49. The Balaban J connectivity index is 2.16. The molecule has 1 atom stereocenters. The molecule has 0 saturated heterocycles. The molecule has 0 saturated carbocycles. The smallest absolute Gasteiger partial charge is 0.303 e. The first-order valence-electron chi connectivity index (χ1n) is 8.37. The number of urea groups is 1. The zero-order valence-electron chi connectivity index (χ0n) is 15.3. The van der Waals surface area contributed by atoms with Crippen LogP contribution >= 0.6 is 0 Å². The third kappa shape index (κ3) is 3.99. The van der Waals surface area contributed by atoms with Gasteiger partial charge in [-0.05, 0) is 42.8 Å². The molecule has 0 fully saturated rings. The second-order valence-corrected chi connectivity index (χ2v) is 8.23. The first kappa shape index (κ1) is 21.3. The lowest BCUT2D eigenvalue weighted by atomic mass is 10.0. The molecule has 0 aromatic heterocycles. The van der Waals surface area contributed by atoms with Gasteiger partial charge in [-0.15, -0.1) is 0 Å². The van der Waals surface area contributed by atoms with E-state index in [1.54, 1.807) is 12.2 Å². The molecule has 2 aromatic rings. The van der Waals surface area contributed by atoms with Crippen LogP contribution in [0.15, 0.2) is 65.2 Å². The molecule has 0 spiro atoms. The number of alkyl halides is 3. The van der Waals surface area contributed by atoms with E-state index in [-0.39, 0.29) is 20.5 Å². The van der Waals surface area contributed by atoms with Crippen LogP contribution in [0.2, 0.25) is 0 Å². The summed E-state index contributed by atoms with van der Waals surface area (Å²) in [5.74, 6) is 0. The van der Waals surface area contributed by atoms with Crippen molar-refractivity contribution in [2.24, 2.45) is 0 Å². The topological polar surface area (TPSA) is 110 Å². The Kier molecular flexibility index (Phi) is 5.29. The molecule has 3 rings (SSSR count). The number of nitro groups is 1. The number of non-ortho nitro benzene ring substituents is 1. The van der Waals surface area contributed by atoms with Gasteiger partial charge in [0.05, 0.1) is 15.9 Å². The predicted octanol–water partition coefficient (Wildman–Crippen LogP) is 3.80. The molecule has 2 aromatic carbocycles. The fourth-order valence-electron chi connectivity index (χ4n) is 2.84. The number of sulfonamides is 1. The fourth-order valence-corrected chi connectivity index (χ4v) is 4.29. The standard InChI is InChI=1S/C18H14F3N3O5S/c1-11-2-8-14(9-3-11)30(28,29)23-15(10-16(18(19,20)21)22-17(23)25)12-4-6-13(7-5-12)24(26)27/h2-10,15H,1H3,(H,22,25). The van der Waals surface area contributed by atoms with Crippen molar-refractivity contribution < 1.29 is 31.3 Å². The maximum Gasteiger partial charge on any atom is 0.431 e. The van der Waals surface area contributed by atoms with Gasteiger partial charge in [0.1, 0.15) is 5.70 Å². The number of rotatable bonds is 4. The Morgan fingerprint density at radius 3 is 2.13 bits per heavy atom. The number of amides is 2. The Labute approximate surface area is 168 Å². The number of hydrogen-bond acceptors (Lipinski definition) is 5. The van der Waals surface area contributed by atoms with Crippen LogP contribution in [0.4, 0.5) is 23.7 Å². The second kappa shape index (κ2) is 7.44. The maximum absolute atomic E-state index is 13.2. The van der Waals surface area contributed by atoms with Crippen molar-refractivity contribution in [3.63, 3.8) is 0 Å². The summed E-state index contributed by atoms with van der Waals surface area (Å²) in [5.41, 5.74) is -1.07. The van der Waals surface area contributed by atoms with Crippen LogP contribution in [-0.2, 0) is 10.0 Å². The molecule has 1 aliphatic rings. The summed E-state index contributed by atoms with van der Waals surface area (Å²) in [6.07, 6.45) is -4.39. The third-order valence-electron chi connectivity index (χ3n) is 4.35. The van der Waals surface area contributed by atoms with E-state index in [0.29, 0.717) is 6.08 Å². The molecule has 1 unspecified atom stereocenters. The van der Waals surface area contributed by atoms with E-state index in [2.05, 4.69) is 0 Å². The number of carbonyl (C=O) groups is 1. The van der Waals surface area contributed by atoms with Gasteiger partial charge in [-0.1, -0.05) is 17.7 Å². The van der Waals surface area contributed by atoms with E-state index in [0.717, 1.165) is 29.8 Å². The van der Waals surface area contributed by atoms with Crippen molar-refractivity contribution in [3.05, 3.63) is 81.5 Å². The molecular formula is C18H14F3N3O5S. The van der Waals surface area contributed by atoms with E-state index >= 15 is 0 Å². The summed E-state index contributed by atoms with van der Waals surface area (Å²) in [6.45, 7) is 1.71. The predicted molar refractivity (Wildman–Crippen MR) is 98.7 cm³/mol. The second-order valence-electron chi connectivity index (χ2n) is 6.42. The number of carbonyl (C=O) groups excluding carboxylic acids is 1. The summed E-state index contributed by atoms with van der Waals surface area (Å²) in [5, 5.41) is 12.4. The lowest BCUT2D eigenvalue weighted by Crippen LogP contribution is -2.50. The maximum atomic E-state index is 13.2. The highest BCUT2D eigenvalue weighted by atomic mass is 32.2. The normalized spacial score (nSPS) is 17.3. The minimum Gasteiger partial charge on any atom is -0.303 e. The molecule has 12 heteroatoms. The van der Waals surface area contributed by atoms with Gasteiger partial charge in [-0.25, -0.2) is 17.5 Å². The van der Waals surface area contributed by atoms with Crippen molar-refractivity contribution in [2.45, 2.75) is 24.0 Å². The fraction of sp³-hybridized carbons (Fsp3) is 0.167. The van der Waals surface area contributed by atoms with Crippen molar-refractivity contribution in [1.29, 1.82) is 0 Å². The van der Waals surface area contributed by atoms with Crippen LogP contribution in [-0.4, -0.2) is 29.9 Å². The van der Waals surface area contributed by atoms with Gasteiger partial charge < -0.3 is 5.32 Å². The van der Waals surface area contributed by atoms with Crippen LogP contribution in [0, 0.1) is 17.0 Å². The number of aryl methyl sites for hydroxylation is 1. The first-order valence-corrected chi connectivity index (χ1v) is 9.81. The van der Waals surface area contributed by atoms with Gasteiger partial charge >= 0.3 is 12.2 Å². The number of allylic oxidation sites excluding steroid dienone is 1. The molecule has 0 bridgehead atoms. The SMILES string of the molecule is Cc1ccc(S(=O)(=O)N2C(=O)NC(C(F)(F)F)=CC2c2ccc([N+](=O)[O-])cc2)cc1. The van der Waals surface area contributed by atoms with E-state index in [4.69, 9.17) is 0 Å². The molecule has 1 heterocycles. The highest BCUT2D eigenvalue weighted by Gasteiger charge is 2.45. The van der Waals surface area contributed by atoms with E-state index < -0.39 is 38.9 Å². The van der Waals surface area contributed by atoms with Crippen LogP contribution in [0.1, 0.15) is 17.2 Å². The van der Waals surface area contributed by atoms with Gasteiger partial charge in [-0.2, -0.15) is 13.2 Å². The molecular weight excluding hydrogens is 427 g/mol. The van der Waals surface area contributed by atoms with Crippen LogP contribution < -0.4 is 5.32 Å². The monoisotopic (exact) mass is 441 g/mol. The van der Waals surface area contributed by atoms with Crippen LogP contribution in [0.25, 0.3) is 0 Å². The zero-order valence-corrected chi connectivity index (χ0v) is 16.1. The van der Waals surface area contributed by atoms with E-state index in [9.17, 15) is 36.5 Å². The molecule has 2 amide bonds. The summed E-state index contributed by atoms with van der Waals surface area (Å²) >= 11 is 0. The molecule has 8 nitrogen and oxygen atoms in total. The van der Waals surface area contributed by atoms with E-state index in [1.165, 1.54) is 24.3 Å². The van der Waals surface area contributed by atoms with Crippen molar-refractivity contribution in [2.75, 3.05) is 0 Å². The van der Waals surface area contributed by atoms with Crippen molar-refractivity contribution >= 4 is 21.7 Å². The minimum atomic E-state index is -4.94. The quantitative estimate of drug-likeness (QED) is 0.573. The lowest BCUT2D eigenvalue weighted by molar-refractivity contribution is -0.384. The van der Waals surface area contributed by atoms with Gasteiger partial charge in [0.15, 0.2) is 0 Å². The number of hydrogen-bond donors (Lipinski definition) is 1. The minimum absolute atomic E-state index is 0.0483. The highest BCUT2D eigenvalue weighted by Crippen LogP contribution is 2.37. The average Bonchev–Trinajstić information content (AvgIpc) is 2.66. The van der Waals surface area contributed by atoms with Crippen LogP contribution in [0.3, 0.4) is 0 Å². The molecule has 0 radical (unpaired) electrons. The summed E-state index contributed by atoms with van der Waals surface area (Å²) < 4.78 is 66.1. The number of halogens is 3. The summed E-state index contributed by atoms with van der Waals surface area (Å²) in [7, 11) is -4.55. The largest absolute Gasteiger partial charge is 0.431 e. The number of nitrogens with one attached hydrogen (secondary N) is 1. The zero-order chi connectivity index (χ0) is 22.3. The number of nitrogens with zero attached hydrogens (tertiary/aromatic N) is 2. The Morgan fingerprint density at radius 2 is 1.63 bits per heavy atom.